The summed E-state index contributed by atoms with van der Waals surface area (Å²) in [5.74, 6) is -1.52. The number of aliphatic hydroxyl groups excluding tert-OH is 1. The second-order valence-electron chi connectivity index (χ2n) is 4.07. The highest BCUT2D eigenvalue weighted by Crippen LogP contribution is 2.31. The van der Waals surface area contributed by atoms with Gasteiger partial charge in [-0.25, -0.2) is 9.59 Å². The van der Waals surface area contributed by atoms with E-state index in [1.165, 1.54) is 18.2 Å². The quantitative estimate of drug-likeness (QED) is 0.651. The molecule has 116 valence electrons. The van der Waals surface area contributed by atoms with Crippen LogP contribution in [0.5, 0.6) is 0 Å². The van der Waals surface area contributed by atoms with E-state index in [0.29, 0.717) is 0 Å². The number of carboxylic acids is 1. The summed E-state index contributed by atoms with van der Waals surface area (Å²) in [4.78, 5) is 21.6. The van der Waals surface area contributed by atoms with Crippen molar-refractivity contribution in [3.05, 3.63) is 35.4 Å². The van der Waals surface area contributed by atoms with Crippen LogP contribution in [0, 0.1) is 0 Å². The van der Waals surface area contributed by atoms with E-state index in [0.717, 1.165) is 6.07 Å². The maximum Gasteiger partial charge on any atom is 0.416 e. The fraction of sp³-hybridized carbons (Fsp3) is 0.333. The maximum atomic E-state index is 12.7. The van der Waals surface area contributed by atoms with Crippen LogP contribution in [0.3, 0.4) is 0 Å². The van der Waals surface area contributed by atoms with Crippen molar-refractivity contribution in [2.24, 2.45) is 0 Å². The molecule has 0 saturated carbocycles. The van der Waals surface area contributed by atoms with E-state index in [2.05, 4.69) is 5.32 Å². The molecule has 0 fully saturated rings. The van der Waals surface area contributed by atoms with Gasteiger partial charge in [0.1, 0.15) is 0 Å². The van der Waals surface area contributed by atoms with Crippen LogP contribution < -0.4 is 10.6 Å². The van der Waals surface area contributed by atoms with E-state index in [4.69, 9.17) is 10.2 Å². The number of aliphatic carboxylic acids is 1. The van der Waals surface area contributed by atoms with Crippen LogP contribution in [0.25, 0.3) is 0 Å². The molecule has 21 heavy (non-hydrogen) atoms. The number of urea groups is 1. The second kappa shape index (κ2) is 6.93. The van der Waals surface area contributed by atoms with Gasteiger partial charge in [-0.2, -0.15) is 13.2 Å². The van der Waals surface area contributed by atoms with E-state index in [1.807, 2.05) is 5.32 Å². The van der Waals surface area contributed by atoms with Gasteiger partial charge in [0.2, 0.25) is 0 Å². The standard InChI is InChI=1S/C12H13F3N2O4/c13-12(14,15)8-4-2-1-3-7(8)5-16-11(21)17-6-9(18)10(19)20/h1-4,9,18H,5-6H2,(H,19,20)(H2,16,17,21)/t9-/m0/s1. The van der Waals surface area contributed by atoms with Crippen molar-refractivity contribution < 1.29 is 33.0 Å². The minimum atomic E-state index is -4.53. The predicted molar refractivity (Wildman–Crippen MR) is 65.3 cm³/mol. The summed E-state index contributed by atoms with van der Waals surface area (Å²) in [6, 6.07) is 3.86. The molecule has 2 amide bonds. The molecular formula is C12H13F3N2O4. The van der Waals surface area contributed by atoms with Crippen LogP contribution in [-0.4, -0.2) is 34.9 Å². The van der Waals surface area contributed by atoms with Crippen molar-refractivity contribution in [2.45, 2.75) is 18.8 Å². The zero-order chi connectivity index (χ0) is 16.0. The average Bonchev–Trinajstić information content (AvgIpc) is 2.41. The highest BCUT2D eigenvalue weighted by atomic mass is 19.4. The monoisotopic (exact) mass is 306 g/mol. The first-order valence-corrected chi connectivity index (χ1v) is 5.79. The summed E-state index contributed by atoms with van der Waals surface area (Å²) in [5, 5.41) is 21.5. The average molecular weight is 306 g/mol. The molecule has 1 atom stereocenters. The summed E-state index contributed by atoms with van der Waals surface area (Å²) in [5.41, 5.74) is -0.991. The summed E-state index contributed by atoms with van der Waals surface area (Å²) >= 11 is 0. The fourth-order valence-corrected chi connectivity index (χ4v) is 1.47. The molecule has 0 aliphatic carbocycles. The molecule has 1 aromatic carbocycles. The zero-order valence-electron chi connectivity index (χ0n) is 10.6. The Labute approximate surface area is 117 Å². The number of alkyl halides is 3. The minimum Gasteiger partial charge on any atom is -0.479 e. The Bertz CT molecular complexity index is 519. The van der Waals surface area contributed by atoms with Crippen LogP contribution in [0.4, 0.5) is 18.0 Å². The molecule has 0 bridgehead atoms. The first-order valence-electron chi connectivity index (χ1n) is 5.79. The predicted octanol–water partition coefficient (Wildman–Crippen LogP) is 0.950. The lowest BCUT2D eigenvalue weighted by molar-refractivity contribution is -0.146. The number of benzene rings is 1. The lowest BCUT2D eigenvalue weighted by Crippen LogP contribution is -2.41. The number of carboxylic acid groups (broad SMARTS) is 1. The van der Waals surface area contributed by atoms with Gasteiger partial charge < -0.3 is 20.8 Å². The summed E-state index contributed by atoms with van der Waals surface area (Å²) in [6.07, 6.45) is -6.31. The fourth-order valence-electron chi connectivity index (χ4n) is 1.47. The van der Waals surface area contributed by atoms with Crippen LogP contribution in [-0.2, 0) is 17.5 Å². The smallest absolute Gasteiger partial charge is 0.416 e. The van der Waals surface area contributed by atoms with E-state index in [1.54, 1.807) is 0 Å². The van der Waals surface area contributed by atoms with Crippen molar-refractivity contribution in [1.82, 2.24) is 10.6 Å². The number of halogens is 3. The Hall–Kier alpha value is -2.29. The SMILES string of the molecule is O=C(NCc1ccccc1C(F)(F)F)NC[C@H](O)C(=O)O. The lowest BCUT2D eigenvalue weighted by atomic mass is 10.1. The highest BCUT2D eigenvalue weighted by molar-refractivity contribution is 5.76. The molecule has 0 saturated heterocycles. The maximum absolute atomic E-state index is 12.7. The molecule has 1 rings (SSSR count). The van der Waals surface area contributed by atoms with Crippen LogP contribution in [0.1, 0.15) is 11.1 Å². The first kappa shape index (κ1) is 16.8. The summed E-state index contributed by atoms with van der Waals surface area (Å²) in [7, 11) is 0. The topological polar surface area (TPSA) is 98.7 Å². The number of nitrogens with one attached hydrogen (secondary N) is 2. The third-order valence-electron chi connectivity index (χ3n) is 2.50. The largest absolute Gasteiger partial charge is 0.479 e. The number of rotatable bonds is 5. The van der Waals surface area contributed by atoms with Crippen LogP contribution in [0.15, 0.2) is 24.3 Å². The van der Waals surface area contributed by atoms with Gasteiger partial charge in [-0.05, 0) is 11.6 Å². The number of hydrogen-bond donors (Lipinski definition) is 4. The van der Waals surface area contributed by atoms with Gasteiger partial charge in [-0.15, -0.1) is 0 Å². The van der Waals surface area contributed by atoms with Gasteiger partial charge in [0.15, 0.2) is 6.10 Å². The zero-order valence-corrected chi connectivity index (χ0v) is 10.6. The summed E-state index contributed by atoms with van der Waals surface area (Å²) < 4.78 is 38.1. The van der Waals surface area contributed by atoms with Crippen LogP contribution in [0.2, 0.25) is 0 Å². The Morgan fingerprint density at radius 3 is 2.38 bits per heavy atom. The molecule has 4 N–H and O–H groups in total. The number of amides is 2. The highest BCUT2D eigenvalue weighted by Gasteiger charge is 2.32. The van der Waals surface area contributed by atoms with E-state index >= 15 is 0 Å². The minimum absolute atomic E-state index is 0.126. The lowest BCUT2D eigenvalue weighted by Gasteiger charge is -2.14. The van der Waals surface area contributed by atoms with Gasteiger partial charge in [-0.3, -0.25) is 0 Å². The molecular weight excluding hydrogens is 293 g/mol. The Balaban J connectivity index is 2.56. The molecule has 0 aromatic heterocycles. The molecule has 0 spiro atoms. The van der Waals surface area contributed by atoms with Crippen molar-refractivity contribution in [2.75, 3.05) is 6.54 Å². The number of hydrogen-bond acceptors (Lipinski definition) is 3. The number of aliphatic hydroxyl groups is 1. The Morgan fingerprint density at radius 1 is 1.19 bits per heavy atom. The molecule has 0 heterocycles. The van der Waals surface area contributed by atoms with E-state index in [-0.39, 0.29) is 12.1 Å². The molecule has 0 aliphatic rings. The van der Waals surface area contributed by atoms with E-state index in [9.17, 15) is 22.8 Å². The Kier molecular flexibility index (Phi) is 5.53. The van der Waals surface area contributed by atoms with Gasteiger partial charge >= 0.3 is 18.2 Å². The molecule has 0 aliphatic heterocycles. The third kappa shape index (κ3) is 5.30. The molecule has 0 unspecified atom stereocenters. The van der Waals surface area contributed by atoms with Gasteiger partial charge in [-0.1, -0.05) is 18.2 Å². The normalized spacial score (nSPS) is 12.6. The Morgan fingerprint density at radius 2 is 1.81 bits per heavy atom. The van der Waals surface area contributed by atoms with E-state index < -0.39 is 36.4 Å². The number of carbonyl (C=O) groups excluding carboxylic acids is 1. The van der Waals surface area contributed by atoms with Crippen LogP contribution >= 0.6 is 0 Å². The van der Waals surface area contributed by atoms with Gasteiger partial charge in [0, 0.05) is 6.54 Å². The number of carbonyl (C=O) groups is 2. The second-order valence-corrected chi connectivity index (χ2v) is 4.07. The van der Waals surface area contributed by atoms with Gasteiger partial charge in [0.05, 0.1) is 12.1 Å². The van der Waals surface area contributed by atoms with Crippen molar-refractivity contribution >= 4 is 12.0 Å². The molecule has 6 nitrogen and oxygen atoms in total. The molecule has 1 aromatic rings. The molecule has 9 heteroatoms. The van der Waals surface area contributed by atoms with Crippen molar-refractivity contribution in [3.8, 4) is 0 Å². The van der Waals surface area contributed by atoms with Crippen molar-refractivity contribution in [3.63, 3.8) is 0 Å². The third-order valence-corrected chi connectivity index (χ3v) is 2.50. The van der Waals surface area contributed by atoms with Gasteiger partial charge in [0.25, 0.3) is 0 Å². The van der Waals surface area contributed by atoms with Crippen molar-refractivity contribution in [1.29, 1.82) is 0 Å². The molecule has 0 radical (unpaired) electrons. The first-order chi connectivity index (χ1) is 9.71. The summed E-state index contributed by atoms with van der Waals surface area (Å²) in [6.45, 7) is -0.938.